The van der Waals surface area contributed by atoms with Gasteiger partial charge in [0, 0.05) is 19.0 Å². The van der Waals surface area contributed by atoms with Crippen molar-refractivity contribution in [1.29, 1.82) is 0 Å². The Bertz CT molecular complexity index is 505. The third-order valence-corrected chi connectivity index (χ3v) is 3.52. The summed E-state index contributed by atoms with van der Waals surface area (Å²) >= 11 is 0. The zero-order valence-corrected chi connectivity index (χ0v) is 13.0. The van der Waals surface area contributed by atoms with E-state index in [-0.39, 0.29) is 24.0 Å². The van der Waals surface area contributed by atoms with Gasteiger partial charge in [0.05, 0.1) is 12.6 Å². The Labute approximate surface area is 130 Å². The van der Waals surface area contributed by atoms with Crippen LogP contribution in [0.15, 0.2) is 30.3 Å². The first-order valence-electron chi connectivity index (χ1n) is 7.58. The summed E-state index contributed by atoms with van der Waals surface area (Å²) in [6, 6.07) is 9.23. The molecule has 6 nitrogen and oxygen atoms in total. The Hall–Kier alpha value is -2.24. The third kappa shape index (κ3) is 4.65. The van der Waals surface area contributed by atoms with Gasteiger partial charge in [-0.1, -0.05) is 18.2 Å². The predicted molar refractivity (Wildman–Crippen MR) is 83.7 cm³/mol. The molecule has 120 valence electrons. The fourth-order valence-corrected chi connectivity index (χ4v) is 2.41. The zero-order valence-electron chi connectivity index (χ0n) is 13.0. The van der Waals surface area contributed by atoms with Gasteiger partial charge in [0.15, 0.2) is 0 Å². The minimum absolute atomic E-state index is 0.0905. The van der Waals surface area contributed by atoms with Crippen molar-refractivity contribution in [2.45, 2.75) is 32.4 Å². The number of nitrogens with one attached hydrogen (secondary N) is 2. The first-order chi connectivity index (χ1) is 10.6. The monoisotopic (exact) mass is 305 g/mol. The molecule has 0 aliphatic carbocycles. The average Bonchev–Trinajstić information content (AvgIpc) is 2.85. The molecule has 0 aromatic heterocycles. The van der Waals surface area contributed by atoms with Crippen molar-refractivity contribution in [2.75, 3.05) is 19.7 Å². The number of benzene rings is 1. The number of hydrogen-bond donors (Lipinski definition) is 2. The van der Waals surface area contributed by atoms with E-state index in [4.69, 9.17) is 4.74 Å². The Morgan fingerprint density at radius 3 is 2.73 bits per heavy atom. The number of likely N-dealkylation sites (tertiary alicyclic amines) is 1. The van der Waals surface area contributed by atoms with Gasteiger partial charge in [-0.25, -0.2) is 4.79 Å². The molecule has 0 bridgehead atoms. The molecule has 1 aromatic carbocycles. The molecule has 1 aromatic rings. The molecule has 1 saturated heterocycles. The number of ether oxygens (including phenoxy) is 1. The van der Waals surface area contributed by atoms with Crippen LogP contribution in [0.3, 0.4) is 0 Å². The number of urea groups is 1. The molecule has 1 aliphatic heterocycles. The Balaban J connectivity index is 1.63. The molecule has 1 aliphatic rings. The highest BCUT2D eigenvalue weighted by Gasteiger charge is 2.31. The van der Waals surface area contributed by atoms with E-state index >= 15 is 0 Å². The number of rotatable bonds is 6. The first-order valence-corrected chi connectivity index (χ1v) is 7.58. The highest BCUT2D eigenvalue weighted by Crippen LogP contribution is 2.14. The lowest BCUT2D eigenvalue weighted by atomic mass is 10.2. The van der Waals surface area contributed by atoms with Crippen LogP contribution in [0, 0.1) is 0 Å². The smallest absolute Gasteiger partial charge is 0.315 e. The van der Waals surface area contributed by atoms with Crippen molar-refractivity contribution < 1.29 is 14.3 Å². The third-order valence-electron chi connectivity index (χ3n) is 3.52. The van der Waals surface area contributed by atoms with E-state index in [1.165, 1.54) is 0 Å². The number of amides is 3. The zero-order chi connectivity index (χ0) is 15.9. The van der Waals surface area contributed by atoms with E-state index in [0.29, 0.717) is 26.1 Å². The fraction of sp³-hybridized carbons (Fsp3) is 0.500. The van der Waals surface area contributed by atoms with Crippen LogP contribution in [0.1, 0.15) is 20.3 Å². The van der Waals surface area contributed by atoms with E-state index in [9.17, 15) is 9.59 Å². The van der Waals surface area contributed by atoms with E-state index < -0.39 is 0 Å². The number of carbonyl (C=O) groups excluding carboxylic acids is 2. The van der Waals surface area contributed by atoms with Crippen molar-refractivity contribution in [2.24, 2.45) is 0 Å². The normalized spacial score (nSPS) is 17.7. The van der Waals surface area contributed by atoms with Crippen LogP contribution in [0.2, 0.25) is 0 Å². The molecule has 0 radical (unpaired) electrons. The maximum atomic E-state index is 11.8. The van der Waals surface area contributed by atoms with Gasteiger partial charge in [-0.05, 0) is 26.0 Å². The topological polar surface area (TPSA) is 70.7 Å². The Kier molecular flexibility index (Phi) is 5.63. The molecule has 22 heavy (non-hydrogen) atoms. The average molecular weight is 305 g/mol. The fourth-order valence-electron chi connectivity index (χ4n) is 2.41. The summed E-state index contributed by atoms with van der Waals surface area (Å²) in [6.45, 7) is 5.33. The van der Waals surface area contributed by atoms with Crippen molar-refractivity contribution in [1.82, 2.24) is 15.5 Å². The quantitative estimate of drug-likeness (QED) is 0.780. The molecule has 2 rings (SSSR count). The lowest BCUT2D eigenvalue weighted by Gasteiger charge is -2.21. The highest BCUT2D eigenvalue weighted by atomic mass is 16.5. The molecule has 3 amide bonds. The van der Waals surface area contributed by atoms with Crippen LogP contribution in [-0.4, -0.2) is 48.6 Å². The number of hydrogen-bond acceptors (Lipinski definition) is 3. The van der Waals surface area contributed by atoms with Crippen LogP contribution >= 0.6 is 0 Å². The standard InChI is InChI=1S/C16H23N3O3/c1-12(2)19-11-13(10-15(19)20)18-16(21)17-8-9-22-14-6-4-3-5-7-14/h3-7,12-13H,8-11H2,1-2H3,(H2,17,18,21). The van der Waals surface area contributed by atoms with Gasteiger partial charge in [0.25, 0.3) is 0 Å². The van der Waals surface area contributed by atoms with Gasteiger partial charge in [-0.2, -0.15) is 0 Å². The predicted octanol–water partition coefficient (Wildman–Crippen LogP) is 1.37. The van der Waals surface area contributed by atoms with Crippen molar-refractivity contribution in [3.05, 3.63) is 30.3 Å². The van der Waals surface area contributed by atoms with Gasteiger partial charge >= 0.3 is 6.03 Å². The second-order valence-electron chi connectivity index (χ2n) is 5.60. The minimum Gasteiger partial charge on any atom is -0.492 e. The summed E-state index contributed by atoms with van der Waals surface area (Å²) in [5, 5.41) is 5.56. The van der Waals surface area contributed by atoms with Gasteiger partial charge in [-0.15, -0.1) is 0 Å². The van der Waals surface area contributed by atoms with Gasteiger partial charge in [-0.3, -0.25) is 4.79 Å². The van der Waals surface area contributed by atoms with Gasteiger partial charge < -0.3 is 20.3 Å². The maximum absolute atomic E-state index is 11.8. The first kappa shape index (κ1) is 16.1. The molecule has 1 unspecified atom stereocenters. The highest BCUT2D eigenvalue weighted by molar-refractivity contribution is 5.81. The SMILES string of the molecule is CC(C)N1CC(NC(=O)NCCOc2ccccc2)CC1=O. The second-order valence-corrected chi connectivity index (χ2v) is 5.60. The van der Waals surface area contributed by atoms with Crippen LogP contribution in [0.25, 0.3) is 0 Å². The molecular formula is C16H23N3O3. The van der Waals surface area contributed by atoms with Crippen LogP contribution in [0.4, 0.5) is 4.79 Å². The Morgan fingerprint density at radius 1 is 1.36 bits per heavy atom. The van der Waals surface area contributed by atoms with Gasteiger partial charge in [0.2, 0.25) is 5.91 Å². The summed E-state index contributed by atoms with van der Waals surface area (Å²) in [4.78, 5) is 25.3. The summed E-state index contributed by atoms with van der Waals surface area (Å²) < 4.78 is 5.49. The van der Waals surface area contributed by atoms with Crippen molar-refractivity contribution >= 4 is 11.9 Å². The molecular weight excluding hydrogens is 282 g/mol. The lowest BCUT2D eigenvalue weighted by molar-refractivity contribution is -0.129. The second kappa shape index (κ2) is 7.68. The van der Waals surface area contributed by atoms with E-state index in [2.05, 4.69) is 10.6 Å². The van der Waals surface area contributed by atoms with E-state index in [0.717, 1.165) is 5.75 Å². The van der Waals surface area contributed by atoms with Crippen LogP contribution < -0.4 is 15.4 Å². The summed E-state index contributed by atoms with van der Waals surface area (Å²) in [5.41, 5.74) is 0. The molecule has 1 atom stereocenters. The van der Waals surface area contributed by atoms with Crippen molar-refractivity contribution in [3.8, 4) is 5.75 Å². The van der Waals surface area contributed by atoms with E-state index in [1.807, 2.05) is 44.2 Å². The number of para-hydroxylation sites is 1. The van der Waals surface area contributed by atoms with Crippen molar-refractivity contribution in [3.63, 3.8) is 0 Å². The molecule has 2 N–H and O–H groups in total. The largest absolute Gasteiger partial charge is 0.492 e. The van der Waals surface area contributed by atoms with E-state index in [1.54, 1.807) is 4.90 Å². The molecule has 1 fully saturated rings. The lowest BCUT2D eigenvalue weighted by Crippen LogP contribution is -2.44. The van der Waals surface area contributed by atoms with Gasteiger partial charge in [0.1, 0.15) is 12.4 Å². The maximum Gasteiger partial charge on any atom is 0.315 e. The Morgan fingerprint density at radius 2 is 2.09 bits per heavy atom. The number of carbonyl (C=O) groups is 2. The minimum atomic E-state index is -0.264. The summed E-state index contributed by atoms with van der Waals surface area (Å²) in [7, 11) is 0. The van der Waals surface area contributed by atoms with Crippen LogP contribution in [-0.2, 0) is 4.79 Å². The van der Waals surface area contributed by atoms with Crippen LogP contribution in [0.5, 0.6) is 5.75 Å². The molecule has 0 spiro atoms. The number of nitrogens with zero attached hydrogens (tertiary/aromatic N) is 1. The summed E-state index contributed by atoms with van der Waals surface area (Å²) in [5.74, 6) is 0.867. The molecule has 1 heterocycles. The summed E-state index contributed by atoms with van der Waals surface area (Å²) in [6.07, 6.45) is 0.367. The molecule has 6 heteroatoms. The molecule has 0 saturated carbocycles.